The number of hydrogen-bond donors (Lipinski definition) is 1. The zero-order chi connectivity index (χ0) is 10.3. The highest BCUT2D eigenvalue weighted by atomic mass is 35.5. The third-order valence-electron chi connectivity index (χ3n) is 2.68. The summed E-state index contributed by atoms with van der Waals surface area (Å²) in [5.74, 6) is -0.311. The molecule has 1 saturated carbocycles. The van der Waals surface area contributed by atoms with E-state index in [1.165, 1.54) is 0 Å². The van der Waals surface area contributed by atoms with Gasteiger partial charge in [-0.25, -0.2) is 4.39 Å². The lowest BCUT2D eigenvalue weighted by molar-refractivity contribution is 0.582. The fraction of sp³-hybridized carbons (Fsp3) is 0.455. The first kappa shape index (κ1) is 9.94. The predicted octanol–water partition coefficient (Wildman–Crippen LogP) is 2.82. The number of rotatable bonds is 2. The Bertz CT molecular complexity index is 372. The molecule has 0 saturated heterocycles. The van der Waals surface area contributed by atoms with Crippen molar-refractivity contribution >= 4 is 11.6 Å². The third kappa shape index (κ3) is 1.91. The van der Waals surface area contributed by atoms with Crippen LogP contribution in [0.3, 0.4) is 0 Å². The van der Waals surface area contributed by atoms with Gasteiger partial charge in [-0.1, -0.05) is 17.7 Å². The molecule has 0 atom stereocenters. The zero-order valence-electron chi connectivity index (χ0n) is 8.11. The van der Waals surface area contributed by atoms with Crippen molar-refractivity contribution in [2.24, 2.45) is 5.73 Å². The lowest BCUT2D eigenvalue weighted by Gasteiger charge is -2.11. The Balaban J connectivity index is 2.32. The number of halogens is 2. The second-order valence-corrected chi connectivity index (χ2v) is 4.67. The largest absolute Gasteiger partial charge is 0.325 e. The van der Waals surface area contributed by atoms with Crippen LogP contribution in [0.2, 0.25) is 5.02 Å². The molecule has 1 aromatic carbocycles. The molecule has 1 aliphatic carbocycles. The third-order valence-corrected chi connectivity index (χ3v) is 2.96. The normalized spacial score (nSPS) is 18.3. The van der Waals surface area contributed by atoms with Crippen LogP contribution in [0.25, 0.3) is 0 Å². The maximum absolute atomic E-state index is 13.6. The van der Waals surface area contributed by atoms with E-state index in [4.69, 9.17) is 17.3 Å². The van der Waals surface area contributed by atoms with Crippen LogP contribution >= 0.6 is 11.6 Å². The molecule has 0 aromatic heterocycles. The molecule has 3 heteroatoms. The molecule has 76 valence electrons. The topological polar surface area (TPSA) is 26.0 Å². The minimum Gasteiger partial charge on any atom is -0.325 e. The summed E-state index contributed by atoms with van der Waals surface area (Å²) in [5.41, 5.74) is 7.40. The van der Waals surface area contributed by atoms with Gasteiger partial charge in [0.25, 0.3) is 0 Å². The van der Waals surface area contributed by atoms with Gasteiger partial charge >= 0.3 is 0 Å². The maximum atomic E-state index is 13.6. The fourth-order valence-corrected chi connectivity index (χ4v) is 1.94. The van der Waals surface area contributed by atoms with Gasteiger partial charge in [0.1, 0.15) is 5.82 Å². The second-order valence-electron chi connectivity index (χ2n) is 4.26. The molecule has 0 radical (unpaired) electrons. The van der Waals surface area contributed by atoms with Crippen molar-refractivity contribution in [3.63, 3.8) is 0 Å². The van der Waals surface area contributed by atoms with Gasteiger partial charge in [-0.05, 0) is 43.4 Å². The molecule has 0 heterocycles. The Morgan fingerprint density at radius 1 is 1.50 bits per heavy atom. The van der Waals surface area contributed by atoms with Crippen LogP contribution in [-0.2, 0) is 6.42 Å². The smallest absolute Gasteiger partial charge is 0.145 e. The Hall–Kier alpha value is -0.600. The highest BCUT2D eigenvalue weighted by molar-refractivity contribution is 6.30. The minimum atomic E-state index is -0.311. The molecule has 0 unspecified atom stereocenters. The second kappa shape index (κ2) is 3.21. The predicted molar refractivity (Wildman–Crippen MR) is 56.0 cm³/mol. The van der Waals surface area contributed by atoms with E-state index in [-0.39, 0.29) is 16.4 Å². The fourth-order valence-electron chi connectivity index (χ4n) is 1.64. The molecule has 1 aromatic rings. The molecular formula is C11H13ClFN. The van der Waals surface area contributed by atoms with Gasteiger partial charge in [-0.2, -0.15) is 0 Å². The van der Waals surface area contributed by atoms with E-state index in [1.807, 2.05) is 13.0 Å². The summed E-state index contributed by atoms with van der Waals surface area (Å²) in [6.45, 7) is 1.91. The Kier molecular flexibility index (Phi) is 2.28. The van der Waals surface area contributed by atoms with Crippen LogP contribution in [0.15, 0.2) is 12.1 Å². The van der Waals surface area contributed by atoms with E-state index in [0.29, 0.717) is 12.0 Å². The monoisotopic (exact) mass is 213 g/mol. The Morgan fingerprint density at radius 3 is 2.71 bits per heavy atom. The Labute approximate surface area is 88.1 Å². The van der Waals surface area contributed by atoms with Gasteiger partial charge in [-0.15, -0.1) is 0 Å². The van der Waals surface area contributed by atoms with Gasteiger partial charge in [0.2, 0.25) is 0 Å². The van der Waals surface area contributed by atoms with Crippen molar-refractivity contribution in [2.75, 3.05) is 0 Å². The summed E-state index contributed by atoms with van der Waals surface area (Å²) < 4.78 is 13.6. The highest BCUT2D eigenvalue weighted by Crippen LogP contribution is 2.37. The standard InChI is InChI=1S/C11H13ClFN/c1-7-4-8(6-11(14)2-3-11)10(13)9(12)5-7/h4-5H,2-3,6,14H2,1H3. The maximum Gasteiger partial charge on any atom is 0.145 e. The van der Waals surface area contributed by atoms with Crippen LogP contribution in [0.5, 0.6) is 0 Å². The molecule has 0 amide bonds. The first-order chi connectivity index (χ1) is 6.50. The first-order valence-electron chi connectivity index (χ1n) is 4.74. The number of benzene rings is 1. The van der Waals surface area contributed by atoms with Crippen LogP contribution in [0.1, 0.15) is 24.0 Å². The molecule has 2 N–H and O–H groups in total. The number of hydrogen-bond acceptors (Lipinski definition) is 1. The van der Waals surface area contributed by atoms with Crippen LogP contribution in [-0.4, -0.2) is 5.54 Å². The molecule has 1 fully saturated rings. The summed E-state index contributed by atoms with van der Waals surface area (Å²) in [5, 5.41) is 0.198. The van der Waals surface area contributed by atoms with Crippen LogP contribution in [0, 0.1) is 12.7 Å². The minimum absolute atomic E-state index is 0.169. The number of aryl methyl sites for hydroxylation is 1. The van der Waals surface area contributed by atoms with Crippen LogP contribution in [0.4, 0.5) is 4.39 Å². The molecule has 0 aliphatic heterocycles. The molecule has 2 rings (SSSR count). The highest BCUT2D eigenvalue weighted by Gasteiger charge is 2.38. The first-order valence-corrected chi connectivity index (χ1v) is 5.11. The van der Waals surface area contributed by atoms with Crippen LogP contribution < -0.4 is 5.73 Å². The van der Waals surface area contributed by atoms with E-state index in [0.717, 1.165) is 18.4 Å². The molecule has 1 aliphatic rings. The average molecular weight is 214 g/mol. The van der Waals surface area contributed by atoms with E-state index in [9.17, 15) is 4.39 Å². The van der Waals surface area contributed by atoms with Gasteiger partial charge in [0.05, 0.1) is 5.02 Å². The van der Waals surface area contributed by atoms with E-state index < -0.39 is 0 Å². The van der Waals surface area contributed by atoms with E-state index in [1.54, 1.807) is 6.07 Å². The van der Waals surface area contributed by atoms with Crippen molar-refractivity contribution in [1.82, 2.24) is 0 Å². The lowest BCUT2D eigenvalue weighted by Crippen LogP contribution is -2.25. The summed E-state index contributed by atoms with van der Waals surface area (Å²) in [6, 6.07) is 3.46. The van der Waals surface area contributed by atoms with E-state index >= 15 is 0 Å². The molecule has 14 heavy (non-hydrogen) atoms. The van der Waals surface area contributed by atoms with Crippen molar-refractivity contribution in [1.29, 1.82) is 0 Å². The number of nitrogens with two attached hydrogens (primary N) is 1. The quantitative estimate of drug-likeness (QED) is 0.804. The van der Waals surface area contributed by atoms with Crippen molar-refractivity contribution in [3.8, 4) is 0 Å². The van der Waals surface area contributed by atoms with Gasteiger partial charge in [0, 0.05) is 5.54 Å². The van der Waals surface area contributed by atoms with Crippen molar-refractivity contribution < 1.29 is 4.39 Å². The summed E-state index contributed by atoms with van der Waals surface area (Å²) in [7, 11) is 0. The summed E-state index contributed by atoms with van der Waals surface area (Å²) in [6.07, 6.45) is 2.57. The lowest BCUT2D eigenvalue weighted by atomic mass is 10.0. The van der Waals surface area contributed by atoms with Gasteiger partial charge in [0.15, 0.2) is 0 Å². The van der Waals surface area contributed by atoms with Gasteiger partial charge < -0.3 is 5.73 Å². The van der Waals surface area contributed by atoms with Crippen molar-refractivity contribution in [2.45, 2.75) is 31.7 Å². The SMILES string of the molecule is Cc1cc(Cl)c(F)c(CC2(N)CC2)c1. The molecule has 1 nitrogen and oxygen atoms in total. The molecular weight excluding hydrogens is 201 g/mol. The Morgan fingerprint density at radius 2 is 2.14 bits per heavy atom. The average Bonchev–Trinajstić information content (AvgIpc) is 2.79. The van der Waals surface area contributed by atoms with Crippen molar-refractivity contribution in [3.05, 3.63) is 34.1 Å². The van der Waals surface area contributed by atoms with E-state index in [2.05, 4.69) is 0 Å². The van der Waals surface area contributed by atoms with Gasteiger partial charge in [-0.3, -0.25) is 0 Å². The summed E-state index contributed by atoms with van der Waals surface area (Å²) >= 11 is 5.75. The zero-order valence-corrected chi connectivity index (χ0v) is 8.87. The molecule has 0 bridgehead atoms. The summed E-state index contributed by atoms with van der Waals surface area (Å²) in [4.78, 5) is 0. The molecule has 0 spiro atoms.